The second-order valence-corrected chi connectivity index (χ2v) is 13.0. The first-order chi connectivity index (χ1) is 19.6. The Morgan fingerprint density at radius 2 is 1.54 bits per heavy atom. The second kappa shape index (κ2) is 11.9. The lowest BCUT2D eigenvalue weighted by Gasteiger charge is -2.27. The van der Waals surface area contributed by atoms with Crippen LogP contribution in [-0.2, 0) is 16.6 Å². The van der Waals surface area contributed by atoms with Gasteiger partial charge >= 0.3 is 0 Å². The van der Waals surface area contributed by atoms with Gasteiger partial charge in [0.1, 0.15) is 5.82 Å². The summed E-state index contributed by atoms with van der Waals surface area (Å²) in [6.07, 6.45) is 4.08. The zero-order valence-electron chi connectivity index (χ0n) is 24.6. The topological polar surface area (TPSA) is 78.4 Å². The van der Waals surface area contributed by atoms with Crippen LogP contribution in [0.3, 0.4) is 0 Å². The van der Waals surface area contributed by atoms with Crippen molar-refractivity contribution in [3.8, 4) is 0 Å². The smallest absolute Gasteiger partial charge is 0.265 e. The van der Waals surface area contributed by atoms with E-state index in [9.17, 15) is 8.42 Å². The number of aryl methyl sites for hydroxylation is 3. The molecule has 0 aliphatic carbocycles. The first-order valence-corrected chi connectivity index (χ1v) is 15.7. The molecule has 7 nitrogen and oxygen atoms in total. The molecular weight excluding hydrogens is 530 g/mol. The van der Waals surface area contributed by atoms with Gasteiger partial charge in [-0.25, -0.2) is 13.4 Å². The van der Waals surface area contributed by atoms with E-state index in [4.69, 9.17) is 0 Å². The van der Waals surface area contributed by atoms with Crippen LogP contribution in [0.1, 0.15) is 60.4 Å². The molecule has 2 heterocycles. The summed E-state index contributed by atoms with van der Waals surface area (Å²) in [6, 6.07) is 21.4. The second-order valence-electron chi connectivity index (χ2n) is 11.2. The highest BCUT2D eigenvalue weighted by Crippen LogP contribution is 2.32. The van der Waals surface area contributed by atoms with Crippen molar-refractivity contribution >= 4 is 33.2 Å². The van der Waals surface area contributed by atoms with Gasteiger partial charge in [0.2, 0.25) is 5.95 Å². The highest BCUT2D eigenvalue weighted by Gasteiger charge is 2.29. The zero-order valence-corrected chi connectivity index (χ0v) is 25.4. The quantitative estimate of drug-likeness (QED) is 0.228. The molecule has 0 radical (unpaired) electrons. The number of rotatable bonds is 9. The number of benzene rings is 3. The lowest BCUT2D eigenvalue weighted by atomic mass is 10.0. The maximum atomic E-state index is 14.3. The molecule has 5 rings (SSSR count). The lowest BCUT2D eigenvalue weighted by Crippen LogP contribution is -2.31. The Hall–Kier alpha value is -3.91. The van der Waals surface area contributed by atoms with Crippen molar-refractivity contribution in [1.82, 2.24) is 9.97 Å². The Bertz CT molecular complexity index is 1590. The summed E-state index contributed by atoms with van der Waals surface area (Å²) in [5.74, 6) is 1.84. The number of anilines is 4. The van der Waals surface area contributed by atoms with Crippen molar-refractivity contribution < 1.29 is 8.42 Å². The maximum Gasteiger partial charge on any atom is 0.265 e. The molecule has 1 aromatic heterocycles. The highest BCUT2D eigenvalue weighted by atomic mass is 32.2. The Kier molecular flexibility index (Phi) is 8.31. The molecule has 0 unspecified atom stereocenters. The molecule has 3 aromatic carbocycles. The van der Waals surface area contributed by atoms with Gasteiger partial charge in [0.05, 0.1) is 17.1 Å². The first kappa shape index (κ1) is 28.6. The van der Waals surface area contributed by atoms with Crippen LogP contribution >= 0.6 is 0 Å². The lowest BCUT2D eigenvalue weighted by molar-refractivity contribution is 0.589. The average Bonchev–Trinajstić information content (AvgIpc) is 3.47. The molecule has 8 heteroatoms. The Morgan fingerprint density at radius 3 is 2.15 bits per heavy atom. The van der Waals surface area contributed by atoms with Gasteiger partial charge in [-0.2, -0.15) is 4.98 Å². The fourth-order valence-electron chi connectivity index (χ4n) is 5.52. The minimum Gasteiger partial charge on any atom is -0.341 e. The van der Waals surface area contributed by atoms with Crippen molar-refractivity contribution in [3.05, 3.63) is 101 Å². The van der Waals surface area contributed by atoms with Gasteiger partial charge in [0.15, 0.2) is 0 Å². The summed E-state index contributed by atoms with van der Waals surface area (Å²) in [4.78, 5) is 11.7. The van der Waals surface area contributed by atoms with Gasteiger partial charge in [0, 0.05) is 25.0 Å². The Balaban J connectivity index is 1.46. The van der Waals surface area contributed by atoms with Crippen molar-refractivity contribution in [1.29, 1.82) is 0 Å². The van der Waals surface area contributed by atoms with E-state index in [0.29, 0.717) is 22.3 Å². The SMILES string of the molecule is Cc1cc(C)c(S(=O)(=O)N(Cc2ccc(C(C)C)cc2)c2ccc(Nc3ccnc(N4CCCC4)n3)cc2)c(C)c1. The Morgan fingerprint density at radius 1 is 0.902 bits per heavy atom. The minimum atomic E-state index is -3.86. The summed E-state index contributed by atoms with van der Waals surface area (Å²) < 4.78 is 30.1. The van der Waals surface area contributed by atoms with Crippen LogP contribution in [0.25, 0.3) is 0 Å². The molecule has 1 fully saturated rings. The van der Waals surface area contributed by atoms with Gasteiger partial charge in [-0.05, 0) is 92.1 Å². The van der Waals surface area contributed by atoms with Crippen molar-refractivity contribution in [2.45, 2.75) is 64.8 Å². The summed E-state index contributed by atoms with van der Waals surface area (Å²) in [5, 5.41) is 3.35. The molecule has 1 saturated heterocycles. The molecule has 1 N–H and O–H groups in total. The van der Waals surface area contributed by atoms with E-state index in [0.717, 1.165) is 59.8 Å². The third-order valence-electron chi connectivity index (χ3n) is 7.58. The first-order valence-electron chi connectivity index (χ1n) is 14.3. The highest BCUT2D eigenvalue weighted by molar-refractivity contribution is 7.92. The number of sulfonamides is 1. The number of hydrogen-bond acceptors (Lipinski definition) is 6. The van der Waals surface area contributed by atoms with Crippen LogP contribution in [0.2, 0.25) is 0 Å². The van der Waals surface area contributed by atoms with E-state index in [1.54, 1.807) is 6.20 Å². The van der Waals surface area contributed by atoms with Crippen LogP contribution < -0.4 is 14.5 Å². The normalized spacial score (nSPS) is 13.6. The molecule has 0 atom stereocenters. The number of nitrogens with one attached hydrogen (secondary N) is 1. The van der Waals surface area contributed by atoms with Crippen LogP contribution in [-0.4, -0.2) is 31.5 Å². The molecule has 41 heavy (non-hydrogen) atoms. The summed E-state index contributed by atoms with van der Waals surface area (Å²) in [5.41, 5.74) is 6.11. The van der Waals surface area contributed by atoms with Crippen LogP contribution in [0.4, 0.5) is 23.1 Å². The molecule has 0 saturated carbocycles. The standard InChI is InChI=1S/C33H39N5O2S/c1-23(2)28-10-8-27(9-11-28)22-38(41(39,40)32-25(4)20-24(3)21-26(32)5)30-14-12-29(13-15-30)35-31-16-17-34-33(36-31)37-18-6-7-19-37/h8-17,20-21,23H,6-7,18-19,22H2,1-5H3,(H,34,35,36). The third-order valence-corrected chi connectivity index (χ3v) is 9.66. The van der Waals surface area contributed by atoms with E-state index in [1.807, 2.05) is 75.4 Å². The van der Waals surface area contributed by atoms with Crippen LogP contribution in [0.15, 0.2) is 77.8 Å². The third kappa shape index (κ3) is 6.38. The van der Waals surface area contributed by atoms with E-state index in [-0.39, 0.29) is 6.54 Å². The minimum absolute atomic E-state index is 0.228. The molecule has 1 aliphatic heterocycles. The monoisotopic (exact) mass is 569 g/mol. The maximum absolute atomic E-state index is 14.3. The van der Waals surface area contributed by atoms with Crippen LogP contribution in [0.5, 0.6) is 0 Å². The predicted molar refractivity (Wildman–Crippen MR) is 168 cm³/mol. The molecule has 214 valence electrons. The van der Waals surface area contributed by atoms with Gasteiger partial charge in [-0.1, -0.05) is 55.8 Å². The van der Waals surface area contributed by atoms with Crippen molar-refractivity contribution in [2.75, 3.05) is 27.6 Å². The summed E-state index contributed by atoms with van der Waals surface area (Å²) in [7, 11) is -3.86. The predicted octanol–water partition coefficient (Wildman–Crippen LogP) is 7.26. The zero-order chi connectivity index (χ0) is 29.1. The fourth-order valence-corrected chi connectivity index (χ4v) is 7.39. The number of nitrogens with zero attached hydrogens (tertiary/aromatic N) is 4. The van der Waals surface area contributed by atoms with Gasteiger partial charge in [-0.3, -0.25) is 4.31 Å². The van der Waals surface area contributed by atoms with E-state index >= 15 is 0 Å². The van der Waals surface area contributed by atoms with Crippen molar-refractivity contribution in [2.24, 2.45) is 0 Å². The van der Waals surface area contributed by atoms with E-state index in [2.05, 4.69) is 46.2 Å². The summed E-state index contributed by atoms with van der Waals surface area (Å²) >= 11 is 0. The molecule has 0 bridgehead atoms. The van der Waals surface area contributed by atoms with Crippen LogP contribution in [0, 0.1) is 20.8 Å². The Labute approximate surface area is 244 Å². The van der Waals surface area contributed by atoms with Crippen molar-refractivity contribution in [3.63, 3.8) is 0 Å². The molecular formula is C33H39N5O2S. The average molecular weight is 570 g/mol. The van der Waals surface area contributed by atoms with E-state index in [1.165, 1.54) is 9.87 Å². The summed E-state index contributed by atoms with van der Waals surface area (Å²) in [6.45, 7) is 12.2. The van der Waals surface area contributed by atoms with Gasteiger partial charge in [-0.15, -0.1) is 0 Å². The van der Waals surface area contributed by atoms with Gasteiger partial charge < -0.3 is 10.2 Å². The van der Waals surface area contributed by atoms with E-state index < -0.39 is 10.0 Å². The number of aromatic nitrogens is 2. The fraction of sp³-hybridized carbons (Fsp3) is 0.333. The van der Waals surface area contributed by atoms with Gasteiger partial charge in [0.25, 0.3) is 10.0 Å². The largest absolute Gasteiger partial charge is 0.341 e. The molecule has 0 amide bonds. The molecule has 4 aromatic rings. The molecule has 1 aliphatic rings. The molecule has 0 spiro atoms. The number of hydrogen-bond donors (Lipinski definition) is 1.